The molecule has 1 aromatic carbocycles. The molecule has 112 valence electrons. The molecule has 1 aliphatic heterocycles. The van der Waals surface area contributed by atoms with Gasteiger partial charge in [-0.25, -0.2) is 4.98 Å². The molecule has 4 nitrogen and oxygen atoms in total. The minimum Gasteiger partial charge on any atom is -0.444 e. The van der Waals surface area contributed by atoms with Crippen molar-refractivity contribution in [2.45, 2.75) is 32.4 Å². The Hall–Kier alpha value is -1.65. The van der Waals surface area contributed by atoms with Gasteiger partial charge in [0.2, 0.25) is 5.89 Å². The monoisotopic (exact) mass is 285 g/mol. The van der Waals surface area contributed by atoms with Crippen LogP contribution in [0.5, 0.6) is 0 Å². The molecule has 1 atom stereocenters. The van der Waals surface area contributed by atoms with Crippen LogP contribution in [-0.2, 0) is 19.4 Å². The molecule has 0 aliphatic carbocycles. The van der Waals surface area contributed by atoms with Gasteiger partial charge < -0.3 is 9.73 Å². The third-order valence-electron chi connectivity index (χ3n) is 3.97. The first kappa shape index (κ1) is 14.3. The largest absolute Gasteiger partial charge is 0.444 e. The molecule has 0 saturated carbocycles. The minimum atomic E-state index is 0.502. The molecule has 0 radical (unpaired) electrons. The van der Waals surface area contributed by atoms with Gasteiger partial charge in [-0.05, 0) is 12.0 Å². The molecule has 1 saturated heterocycles. The SMILES string of the molecule is CCc1cnc(CN2CCNC(Cc3ccccc3)C2)o1. The van der Waals surface area contributed by atoms with E-state index in [4.69, 9.17) is 4.42 Å². The van der Waals surface area contributed by atoms with Gasteiger partial charge in [-0.2, -0.15) is 0 Å². The highest BCUT2D eigenvalue weighted by atomic mass is 16.4. The van der Waals surface area contributed by atoms with E-state index in [1.165, 1.54) is 5.56 Å². The van der Waals surface area contributed by atoms with Gasteiger partial charge in [-0.15, -0.1) is 0 Å². The minimum absolute atomic E-state index is 0.502. The zero-order chi connectivity index (χ0) is 14.5. The summed E-state index contributed by atoms with van der Waals surface area (Å²) < 4.78 is 5.72. The predicted molar refractivity (Wildman–Crippen MR) is 83.1 cm³/mol. The maximum atomic E-state index is 5.72. The van der Waals surface area contributed by atoms with Crippen LogP contribution in [0.4, 0.5) is 0 Å². The van der Waals surface area contributed by atoms with Crippen molar-refractivity contribution in [3.63, 3.8) is 0 Å². The molecular weight excluding hydrogens is 262 g/mol. The molecule has 4 heteroatoms. The van der Waals surface area contributed by atoms with Crippen LogP contribution in [0, 0.1) is 0 Å². The van der Waals surface area contributed by atoms with Crippen molar-refractivity contribution in [2.75, 3.05) is 19.6 Å². The van der Waals surface area contributed by atoms with Gasteiger partial charge in [0, 0.05) is 32.1 Å². The third-order valence-corrected chi connectivity index (χ3v) is 3.97. The summed E-state index contributed by atoms with van der Waals surface area (Å²) in [7, 11) is 0. The summed E-state index contributed by atoms with van der Waals surface area (Å²) in [6, 6.07) is 11.2. The van der Waals surface area contributed by atoms with Crippen molar-refractivity contribution in [3.8, 4) is 0 Å². The number of oxazole rings is 1. The van der Waals surface area contributed by atoms with Crippen LogP contribution in [0.15, 0.2) is 40.9 Å². The normalized spacial score (nSPS) is 19.8. The molecular formula is C17H23N3O. The van der Waals surface area contributed by atoms with E-state index in [2.05, 4.69) is 52.5 Å². The van der Waals surface area contributed by atoms with E-state index in [0.717, 1.165) is 50.7 Å². The third kappa shape index (κ3) is 3.93. The zero-order valence-corrected chi connectivity index (χ0v) is 12.6. The van der Waals surface area contributed by atoms with Crippen LogP contribution < -0.4 is 5.32 Å². The van der Waals surface area contributed by atoms with Crippen LogP contribution in [0.2, 0.25) is 0 Å². The fourth-order valence-corrected chi connectivity index (χ4v) is 2.85. The summed E-state index contributed by atoms with van der Waals surface area (Å²) in [6.45, 7) is 6.02. The number of benzene rings is 1. The lowest BCUT2D eigenvalue weighted by atomic mass is 10.0. The van der Waals surface area contributed by atoms with Crippen molar-refractivity contribution in [2.24, 2.45) is 0 Å². The van der Waals surface area contributed by atoms with Gasteiger partial charge in [0.25, 0.3) is 0 Å². The Labute approximate surface area is 126 Å². The van der Waals surface area contributed by atoms with Crippen molar-refractivity contribution in [1.29, 1.82) is 0 Å². The lowest BCUT2D eigenvalue weighted by molar-refractivity contribution is 0.175. The number of aryl methyl sites for hydroxylation is 1. The van der Waals surface area contributed by atoms with Crippen molar-refractivity contribution < 1.29 is 4.42 Å². The molecule has 0 spiro atoms. The fraction of sp³-hybridized carbons (Fsp3) is 0.471. The van der Waals surface area contributed by atoms with Crippen molar-refractivity contribution in [3.05, 3.63) is 53.7 Å². The first-order chi connectivity index (χ1) is 10.3. The zero-order valence-electron chi connectivity index (χ0n) is 12.6. The summed E-state index contributed by atoms with van der Waals surface area (Å²) in [4.78, 5) is 6.79. The van der Waals surface area contributed by atoms with Gasteiger partial charge in [-0.3, -0.25) is 4.90 Å². The lowest BCUT2D eigenvalue weighted by Gasteiger charge is -2.33. The average Bonchev–Trinajstić information content (AvgIpc) is 2.96. The molecule has 21 heavy (non-hydrogen) atoms. The van der Waals surface area contributed by atoms with Gasteiger partial charge in [0.1, 0.15) is 5.76 Å². The lowest BCUT2D eigenvalue weighted by Crippen LogP contribution is -2.51. The second-order valence-corrected chi connectivity index (χ2v) is 5.65. The highest BCUT2D eigenvalue weighted by Crippen LogP contribution is 2.12. The molecule has 0 bridgehead atoms. The summed E-state index contributed by atoms with van der Waals surface area (Å²) in [6.07, 6.45) is 3.83. The number of rotatable bonds is 5. The predicted octanol–water partition coefficient (Wildman–Crippen LogP) is 2.25. The summed E-state index contributed by atoms with van der Waals surface area (Å²) >= 11 is 0. The highest BCUT2D eigenvalue weighted by molar-refractivity contribution is 5.16. The molecule has 1 fully saturated rings. The average molecular weight is 285 g/mol. The second-order valence-electron chi connectivity index (χ2n) is 5.65. The van der Waals surface area contributed by atoms with Gasteiger partial charge >= 0.3 is 0 Å². The summed E-state index contributed by atoms with van der Waals surface area (Å²) in [5.41, 5.74) is 1.39. The molecule has 2 heterocycles. The molecule has 0 amide bonds. The Balaban J connectivity index is 1.55. The van der Waals surface area contributed by atoms with Gasteiger partial charge in [-0.1, -0.05) is 37.3 Å². The Morgan fingerprint density at radius 3 is 2.95 bits per heavy atom. The van der Waals surface area contributed by atoms with E-state index in [9.17, 15) is 0 Å². The van der Waals surface area contributed by atoms with Crippen LogP contribution in [-0.4, -0.2) is 35.6 Å². The van der Waals surface area contributed by atoms with Crippen LogP contribution >= 0.6 is 0 Å². The van der Waals surface area contributed by atoms with E-state index in [-0.39, 0.29) is 0 Å². The maximum Gasteiger partial charge on any atom is 0.208 e. The number of aromatic nitrogens is 1. The standard InChI is InChI=1S/C17H23N3O/c1-2-16-11-19-17(21-16)13-20-9-8-18-15(12-20)10-14-6-4-3-5-7-14/h3-7,11,15,18H,2,8-10,12-13H2,1H3. The topological polar surface area (TPSA) is 41.3 Å². The Kier molecular flexibility index (Phi) is 4.68. The van der Waals surface area contributed by atoms with Gasteiger partial charge in [0.05, 0.1) is 12.7 Å². The number of piperazine rings is 1. The maximum absolute atomic E-state index is 5.72. The quantitative estimate of drug-likeness (QED) is 0.915. The van der Waals surface area contributed by atoms with Crippen LogP contribution in [0.25, 0.3) is 0 Å². The van der Waals surface area contributed by atoms with Crippen molar-refractivity contribution in [1.82, 2.24) is 15.2 Å². The number of hydrogen-bond donors (Lipinski definition) is 1. The van der Waals surface area contributed by atoms with E-state index >= 15 is 0 Å². The molecule has 1 aromatic heterocycles. The van der Waals surface area contributed by atoms with E-state index in [0.29, 0.717) is 6.04 Å². The fourth-order valence-electron chi connectivity index (χ4n) is 2.85. The first-order valence-corrected chi connectivity index (χ1v) is 7.76. The van der Waals surface area contributed by atoms with E-state index < -0.39 is 0 Å². The van der Waals surface area contributed by atoms with Gasteiger partial charge in [0.15, 0.2) is 0 Å². The molecule has 2 aromatic rings. The van der Waals surface area contributed by atoms with Crippen LogP contribution in [0.3, 0.4) is 0 Å². The van der Waals surface area contributed by atoms with Crippen LogP contribution in [0.1, 0.15) is 24.1 Å². The first-order valence-electron chi connectivity index (χ1n) is 7.76. The highest BCUT2D eigenvalue weighted by Gasteiger charge is 2.20. The Bertz CT molecular complexity index is 552. The number of nitrogens with zero attached hydrogens (tertiary/aromatic N) is 2. The van der Waals surface area contributed by atoms with E-state index in [1.54, 1.807) is 0 Å². The smallest absolute Gasteiger partial charge is 0.208 e. The summed E-state index contributed by atoms with van der Waals surface area (Å²) in [5, 5.41) is 3.61. The Morgan fingerprint density at radius 2 is 2.19 bits per heavy atom. The number of hydrogen-bond acceptors (Lipinski definition) is 4. The number of nitrogens with one attached hydrogen (secondary N) is 1. The summed E-state index contributed by atoms with van der Waals surface area (Å²) in [5.74, 6) is 1.81. The molecule has 3 rings (SSSR count). The molecule has 1 N–H and O–H groups in total. The molecule has 1 aliphatic rings. The second kappa shape index (κ2) is 6.87. The van der Waals surface area contributed by atoms with E-state index in [1.807, 2.05) is 6.20 Å². The Morgan fingerprint density at radius 1 is 1.33 bits per heavy atom. The molecule has 1 unspecified atom stereocenters. The van der Waals surface area contributed by atoms with Crippen molar-refractivity contribution >= 4 is 0 Å².